The molecule has 0 bridgehead atoms. The molecule has 27 heavy (non-hydrogen) atoms. The zero-order valence-corrected chi connectivity index (χ0v) is 14.6. The molecule has 2 amide bonds. The Labute approximate surface area is 154 Å². The maximum atomic E-state index is 12.3. The number of hydrogen-bond donors (Lipinski definition) is 3. The summed E-state index contributed by atoms with van der Waals surface area (Å²) in [4.78, 5) is 39.9. The highest BCUT2D eigenvalue weighted by atomic mass is 16.6. The number of nitrogen functional groups attached to an aromatic ring is 1. The van der Waals surface area contributed by atoms with E-state index in [9.17, 15) is 14.4 Å². The molecule has 1 atom stereocenters. The Morgan fingerprint density at radius 3 is 2.81 bits per heavy atom. The van der Waals surface area contributed by atoms with Gasteiger partial charge in [-0.25, -0.2) is 4.79 Å². The van der Waals surface area contributed by atoms with E-state index in [0.29, 0.717) is 13.0 Å². The van der Waals surface area contributed by atoms with Crippen LogP contribution in [0.5, 0.6) is 0 Å². The number of carbonyl (C=O) groups excluding carboxylic acids is 2. The lowest BCUT2D eigenvalue weighted by Crippen LogP contribution is -2.36. The number of ether oxygens (including phenoxy) is 1. The lowest BCUT2D eigenvalue weighted by Gasteiger charge is -2.16. The second-order valence-electron chi connectivity index (χ2n) is 6.18. The number of amides is 2. The standard InChI is InChI=1S/C17H20N6O4/c18-16-20-15(25)13(21-22-16)8-19-14(24)12-6-7-23(9-12)17(26)27-10-11-4-2-1-3-5-11/h1-5,12H,6-10H2,(H,19,24)(H3,18,20,22,25)/t12-/m0/s1. The van der Waals surface area contributed by atoms with Crippen molar-refractivity contribution in [1.82, 2.24) is 25.4 Å². The minimum Gasteiger partial charge on any atom is -0.445 e. The van der Waals surface area contributed by atoms with E-state index in [2.05, 4.69) is 20.5 Å². The summed E-state index contributed by atoms with van der Waals surface area (Å²) >= 11 is 0. The molecule has 0 saturated carbocycles. The van der Waals surface area contributed by atoms with Crippen molar-refractivity contribution in [2.75, 3.05) is 18.8 Å². The normalized spacial score (nSPS) is 16.1. The van der Waals surface area contributed by atoms with Crippen LogP contribution in [0.15, 0.2) is 35.1 Å². The van der Waals surface area contributed by atoms with Crippen molar-refractivity contribution in [1.29, 1.82) is 0 Å². The molecule has 1 aromatic carbocycles. The lowest BCUT2D eigenvalue weighted by molar-refractivity contribution is -0.124. The monoisotopic (exact) mass is 372 g/mol. The van der Waals surface area contributed by atoms with Crippen molar-refractivity contribution < 1.29 is 14.3 Å². The number of anilines is 1. The van der Waals surface area contributed by atoms with Gasteiger partial charge < -0.3 is 20.7 Å². The zero-order valence-electron chi connectivity index (χ0n) is 14.6. The van der Waals surface area contributed by atoms with Crippen molar-refractivity contribution in [3.63, 3.8) is 0 Å². The van der Waals surface area contributed by atoms with E-state index in [1.165, 1.54) is 4.90 Å². The van der Waals surface area contributed by atoms with Gasteiger partial charge >= 0.3 is 6.09 Å². The molecule has 2 heterocycles. The Morgan fingerprint density at radius 1 is 1.30 bits per heavy atom. The number of hydrogen-bond acceptors (Lipinski definition) is 7. The molecule has 0 aliphatic carbocycles. The predicted octanol–water partition coefficient (Wildman–Crippen LogP) is 0.0220. The lowest BCUT2D eigenvalue weighted by atomic mass is 10.1. The molecule has 1 aliphatic heterocycles. The Balaban J connectivity index is 1.46. The summed E-state index contributed by atoms with van der Waals surface area (Å²) in [7, 11) is 0. The predicted molar refractivity (Wildman–Crippen MR) is 95.2 cm³/mol. The fraction of sp³-hybridized carbons (Fsp3) is 0.353. The Kier molecular flexibility index (Phi) is 5.64. The first-order valence-corrected chi connectivity index (χ1v) is 8.47. The second-order valence-corrected chi connectivity index (χ2v) is 6.18. The van der Waals surface area contributed by atoms with Gasteiger partial charge in [-0.1, -0.05) is 30.3 Å². The number of aromatic amines is 1. The van der Waals surface area contributed by atoms with Gasteiger partial charge in [0.25, 0.3) is 5.56 Å². The van der Waals surface area contributed by atoms with Crippen LogP contribution in [0.3, 0.4) is 0 Å². The molecule has 3 rings (SSSR count). The van der Waals surface area contributed by atoms with Crippen molar-refractivity contribution in [3.8, 4) is 0 Å². The Bertz CT molecular complexity index is 869. The van der Waals surface area contributed by atoms with Crippen LogP contribution in [-0.2, 0) is 22.7 Å². The van der Waals surface area contributed by atoms with Crippen LogP contribution in [-0.4, -0.2) is 45.2 Å². The van der Waals surface area contributed by atoms with E-state index in [1.54, 1.807) is 0 Å². The van der Waals surface area contributed by atoms with Gasteiger partial charge in [0.05, 0.1) is 12.5 Å². The summed E-state index contributed by atoms with van der Waals surface area (Å²) in [5.74, 6) is -0.711. The van der Waals surface area contributed by atoms with Crippen molar-refractivity contribution in [2.24, 2.45) is 5.92 Å². The van der Waals surface area contributed by atoms with Gasteiger partial charge in [0, 0.05) is 13.1 Å². The SMILES string of the molecule is Nc1nnc(CNC(=O)[C@H]2CCN(C(=O)OCc3ccccc3)C2)c(=O)[nH]1. The number of likely N-dealkylation sites (tertiary alicyclic amines) is 1. The average Bonchev–Trinajstić information content (AvgIpc) is 3.16. The molecule has 10 heteroatoms. The summed E-state index contributed by atoms with van der Waals surface area (Å²) in [6.45, 7) is 0.833. The number of carbonyl (C=O) groups is 2. The number of H-pyrrole nitrogens is 1. The number of nitrogens with two attached hydrogens (primary N) is 1. The van der Waals surface area contributed by atoms with Crippen LogP contribution >= 0.6 is 0 Å². The number of nitrogens with one attached hydrogen (secondary N) is 2. The van der Waals surface area contributed by atoms with Crippen LogP contribution in [0, 0.1) is 5.92 Å². The van der Waals surface area contributed by atoms with Gasteiger partial charge in [-0.15, -0.1) is 10.2 Å². The highest BCUT2D eigenvalue weighted by Gasteiger charge is 2.31. The molecule has 2 aromatic rings. The molecule has 0 unspecified atom stereocenters. The van der Waals surface area contributed by atoms with E-state index in [0.717, 1.165) is 5.56 Å². The van der Waals surface area contributed by atoms with Crippen LogP contribution in [0.2, 0.25) is 0 Å². The fourth-order valence-corrected chi connectivity index (χ4v) is 2.75. The van der Waals surface area contributed by atoms with Crippen molar-refractivity contribution in [2.45, 2.75) is 19.6 Å². The number of aromatic nitrogens is 3. The largest absolute Gasteiger partial charge is 0.445 e. The van der Waals surface area contributed by atoms with Gasteiger partial charge in [0.1, 0.15) is 12.3 Å². The van der Waals surface area contributed by atoms with E-state index in [4.69, 9.17) is 10.5 Å². The summed E-state index contributed by atoms with van der Waals surface area (Å²) < 4.78 is 5.28. The maximum Gasteiger partial charge on any atom is 0.410 e. The molecule has 142 valence electrons. The highest BCUT2D eigenvalue weighted by molar-refractivity contribution is 5.80. The molecule has 1 saturated heterocycles. The first-order valence-electron chi connectivity index (χ1n) is 8.47. The zero-order chi connectivity index (χ0) is 19.2. The third-order valence-electron chi connectivity index (χ3n) is 4.23. The molecular formula is C17H20N6O4. The van der Waals surface area contributed by atoms with Crippen LogP contribution in [0.4, 0.5) is 10.7 Å². The number of rotatable bonds is 5. The van der Waals surface area contributed by atoms with Crippen LogP contribution < -0.4 is 16.6 Å². The molecule has 0 radical (unpaired) electrons. The van der Waals surface area contributed by atoms with Crippen molar-refractivity contribution >= 4 is 17.9 Å². The summed E-state index contributed by atoms with van der Waals surface area (Å²) in [5.41, 5.74) is 5.78. The van der Waals surface area contributed by atoms with Crippen molar-refractivity contribution in [3.05, 3.63) is 51.9 Å². The van der Waals surface area contributed by atoms with E-state index >= 15 is 0 Å². The van der Waals surface area contributed by atoms with Gasteiger partial charge in [-0.3, -0.25) is 14.6 Å². The smallest absolute Gasteiger partial charge is 0.410 e. The second kappa shape index (κ2) is 8.30. The molecular weight excluding hydrogens is 352 g/mol. The van der Waals surface area contributed by atoms with Gasteiger partial charge in [0.15, 0.2) is 0 Å². The Morgan fingerprint density at radius 2 is 2.07 bits per heavy atom. The minimum atomic E-state index is -0.500. The average molecular weight is 372 g/mol. The first-order chi connectivity index (χ1) is 13.0. The Hall–Kier alpha value is -3.43. The van der Waals surface area contributed by atoms with Gasteiger partial charge in [-0.2, -0.15) is 0 Å². The first kappa shape index (κ1) is 18.4. The van der Waals surface area contributed by atoms with Crippen LogP contribution in [0.25, 0.3) is 0 Å². The van der Waals surface area contributed by atoms with Gasteiger partial charge in [0.2, 0.25) is 11.9 Å². The fourth-order valence-electron chi connectivity index (χ4n) is 2.75. The molecule has 1 aliphatic rings. The minimum absolute atomic E-state index is 0.0591. The summed E-state index contributed by atoms with van der Waals surface area (Å²) in [6.07, 6.45) is 0.0748. The topological polar surface area (TPSA) is 143 Å². The van der Waals surface area contributed by atoms with E-state index < -0.39 is 11.7 Å². The summed E-state index contributed by atoms with van der Waals surface area (Å²) in [6, 6.07) is 9.37. The number of nitrogens with zero attached hydrogens (tertiary/aromatic N) is 3. The molecule has 4 N–H and O–H groups in total. The molecule has 1 aromatic heterocycles. The quantitative estimate of drug-likeness (QED) is 0.671. The molecule has 1 fully saturated rings. The van der Waals surface area contributed by atoms with Crippen LogP contribution in [0.1, 0.15) is 17.7 Å². The highest BCUT2D eigenvalue weighted by Crippen LogP contribution is 2.18. The third-order valence-corrected chi connectivity index (χ3v) is 4.23. The summed E-state index contributed by atoms with van der Waals surface area (Å²) in [5, 5.41) is 9.84. The maximum absolute atomic E-state index is 12.3. The van der Waals surface area contributed by atoms with Gasteiger partial charge in [-0.05, 0) is 12.0 Å². The molecule has 10 nitrogen and oxygen atoms in total. The number of benzene rings is 1. The van der Waals surface area contributed by atoms with E-state index in [1.807, 2.05) is 30.3 Å². The van der Waals surface area contributed by atoms with E-state index in [-0.39, 0.29) is 43.2 Å². The molecule has 0 spiro atoms. The third kappa shape index (κ3) is 4.81.